The minimum absolute atomic E-state index is 0.397. The first-order valence-corrected chi connectivity index (χ1v) is 7.78. The van der Waals surface area contributed by atoms with Gasteiger partial charge in [-0.2, -0.15) is 0 Å². The van der Waals surface area contributed by atoms with Crippen molar-refractivity contribution in [1.29, 1.82) is 0 Å². The summed E-state index contributed by atoms with van der Waals surface area (Å²) in [5.41, 5.74) is 1.18. The Balaban J connectivity index is 2.03. The number of sulfone groups is 1. The Bertz CT molecular complexity index is 459. The maximum Gasteiger partial charge on any atom is 0.175 e. The summed E-state index contributed by atoms with van der Waals surface area (Å²) in [4.78, 5) is 2.79. The van der Waals surface area contributed by atoms with Crippen LogP contribution in [0.15, 0.2) is 29.2 Å². The fourth-order valence-electron chi connectivity index (χ4n) is 2.06. The second kappa shape index (κ2) is 5.19. The van der Waals surface area contributed by atoms with Crippen molar-refractivity contribution in [3.63, 3.8) is 0 Å². The van der Waals surface area contributed by atoms with Crippen LogP contribution < -0.4 is 0 Å². The van der Waals surface area contributed by atoms with E-state index in [0.717, 1.165) is 32.5 Å². The molecule has 93 valence electrons. The quantitative estimate of drug-likeness (QED) is 0.824. The van der Waals surface area contributed by atoms with E-state index in [4.69, 9.17) is 0 Å². The Kier molecular flexibility index (Phi) is 3.84. The molecule has 2 rings (SSSR count). The summed E-state index contributed by atoms with van der Waals surface area (Å²) < 4.78 is 22.6. The predicted octanol–water partition coefficient (Wildman–Crippen LogP) is 1.89. The van der Waals surface area contributed by atoms with E-state index in [0.29, 0.717) is 4.90 Å². The predicted molar refractivity (Wildman–Crippen MR) is 68.4 cm³/mol. The highest BCUT2D eigenvalue weighted by Crippen LogP contribution is 2.14. The average Bonchev–Trinajstić information content (AvgIpc) is 2.30. The zero-order valence-electron chi connectivity index (χ0n) is 10.1. The summed E-state index contributed by atoms with van der Waals surface area (Å²) in [6.07, 6.45) is 5.87. The number of piperidine rings is 1. The normalized spacial score (nSPS) is 18.2. The van der Waals surface area contributed by atoms with Crippen LogP contribution in [0.2, 0.25) is 0 Å². The lowest BCUT2D eigenvalue weighted by Crippen LogP contribution is -2.29. The number of benzene rings is 1. The van der Waals surface area contributed by atoms with Gasteiger partial charge < -0.3 is 0 Å². The van der Waals surface area contributed by atoms with Gasteiger partial charge in [0, 0.05) is 12.8 Å². The van der Waals surface area contributed by atoms with Gasteiger partial charge in [-0.05, 0) is 50.0 Å². The number of hydrogen-bond donors (Lipinski definition) is 0. The standard InChI is InChI=1S/C13H18NO2S/c1-17(15,16)13-7-5-12(6-8-13)11-14-9-3-2-4-10-14/h2,5-8H,3-4,9-11H2,1H3. The lowest BCUT2D eigenvalue weighted by molar-refractivity contribution is 0.246. The Morgan fingerprint density at radius 1 is 1.12 bits per heavy atom. The molecule has 0 atom stereocenters. The van der Waals surface area contributed by atoms with Gasteiger partial charge in [-0.3, -0.25) is 4.90 Å². The zero-order valence-corrected chi connectivity index (χ0v) is 10.9. The van der Waals surface area contributed by atoms with Gasteiger partial charge in [0.2, 0.25) is 0 Å². The van der Waals surface area contributed by atoms with Crippen molar-refractivity contribution < 1.29 is 8.42 Å². The average molecular weight is 252 g/mol. The molecule has 1 radical (unpaired) electrons. The largest absolute Gasteiger partial charge is 0.299 e. The SMILES string of the molecule is CS(=O)(=O)c1ccc(CN2CC[CH]CC2)cc1. The molecule has 4 heteroatoms. The van der Waals surface area contributed by atoms with Gasteiger partial charge >= 0.3 is 0 Å². The van der Waals surface area contributed by atoms with Crippen LogP contribution in [0.1, 0.15) is 18.4 Å². The molecule has 1 aliphatic heterocycles. The van der Waals surface area contributed by atoms with Gasteiger partial charge in [0.15, 0.2) is 9.84 Å². The molecule has 1 aromatic rings. The van der Waals surface area contributed by atoms with Crippen molar-refractivity contribution in [2.75, 3.05) is 19.3 Å². The molecule has 0 bridgehead atoms. The molecule has 17 heavy (non-hydrogen) atoms. The number of nitrogens with zero attached hydrogens (tertiary/aromatic N) is 1. The third-order valence-corrected chi connectivity index (χ3v) is 4.19. The summed E-state index contributed by atoms with van der Waals surface area (Å²) in [5.74, 6) is 0. The summed E-state index contributed by atoms with van der Waals surface area (Å²) in [5, 5.41) is 0. The second-order valence-electron chi connectivity index (χ2n) is 4.56. The van der Waals surface area contributed by atoms with Crippen molar-refractivity contribution in [2.24, 2.45) is 0 Å². The van der Waals surface area contributed by atoms with Gasteiger partial charge in [-0.1, -0.05) is 12.1 Å². The van der Waals surface area contributed by atoms with E-state index in [9.17, 15) is 8.42 Å². The summed E-state index contributed by atoms with van der Waals surface area (Å²) in [6.45, 7) is 3.12. The van der Waals surface area contributed by atoms with E-state index in [1.54, 1.807) is 12.1 Å². The topological polar surface area (TPSA) is 37.4 Å². The summed E-state index contributed by atoms with van der Waals surface area (Å²) in [6, 6.07) is 7.21. The van der Waals surface area contributed by atoms with Crippen LogP contribution in [0, 0.1) is 6.42 Å². The molecule has 0 saturated carbocycles. The first-order valence-electron chi connectivity index (χ1n) is 5.89. The first-order chi connectivity index (χ1) is 8.05. The molecule has 1 aromatic carbocycles. The van der Waals surface area contributed by atoms with Crippen molar-refractivity contribution >= 4 is 9.84 Å². The number of rotatable bonds is 3. The molecule has 0 amide bonds. The minimum atomic E-state index is -3.07. The minimum Gasteiger partial charge on any atom is -0.299 e. The smallest absolute Gasteiger partial charge is 0.175 e. The molecule has 1 fully saturated rings. The van der Waals surface area contributed by atoms with Crippen LogP contribution in [0.25, 0.3) is 0 Å². The van der Waals surface area contributed by atoms with E-state index in [-0.39, 0.29) is 0 Å². The molecular weight excluding hydrogens is 234 g/mol. The third kappa shape index (κ3) is 3.54. The second-order valence-corrected chi connectivity index (χ2v) is 6.57. The van der Waals surface area contributed by atoms with Gasteiger partial charge in [0.1, 0.15) is 0 Å². The van der Waals surface area contributed by atoms with Crippen molar-refractivity contribution in [1.82, 2.24) is 4.90 Å². The highest BCUT2D eigenvalue weighted by Gasteiger charge is 2.11. The van der Waals surface area contributed by atoms with Crippen LogP contribution in [-0.2, 0) is 16.4 Å². The molecular formula is C13H18NO2S. The lowest BCUT2D eigenvalue weighted by Gasteiger charge is -2.26. The monoisotopic (exact) mass is 252 g/mol. The Labute approximate surface area is 103 Å². The summed E-state index contributed by atoms with van der Waals surface area (Å²) in [7, 11) is -3.07. The van der Waals surface area contributed by atoms with Crippen LogP contribution in [0.5, 0.6) is 0 Å². The van der Waals surface area contributed by atoms with Crippen LogP contribution in [0.3, 0.4) is 0 Å². The maximum atomic E-state index is 11.3. The summed E-state index contributed by atoms with van der Waals surface area (Å²) >= 11 is 0. The van der Waals surface area contributed by atoms with E-state index in [1.807, 2.05) is 12.1 Å². The molecule has 0 aliphatic carbocycles. The van der Waals surface area contributed by atoms with Crippen molar-refractivity contribution in [3.05, 3.63) is 36.2 Å². The first kappa shape index (κ1) is 12.6. The molecule has 1 heterocycles. The number of likely N-dealkylation sites (tertiary alicyclic amines) is 1. The Hall–Kier alpha value is -0.870. The van der Waals surface area contributed by atoms with Gasteiger partial charge in [0.25, 0.3) is 0 Å². The fraction of sp³-hybridized carbons (Fsp3) is 0.462. The lowest BCUT2D eigenvalue weighted by atomic mass is 10.1. The molecule has 0 N–H and O–H groups in total. The van der Waals surface area contributed by atoms with Gasteiger partial charge in [-0.15, -0.1) is 0 Å². The fourth-order valence-corrected chi connectivity index (χ4v) is 2.69. The molecule has 3 nitrogen and oxygen atoms in total. The van der Waals surface area contributed by atoms with Crippen molar-refractivity contribution in [3.8, 4) is 0 Å². The highest BCUT2D eigenvalue weighted by molar-refractivity contribution is 7.90. The van der Waals surface area contributed by atoms with Crippen LogP contribution >= 0.6 is 0 Å². The van der Waals surface area contributed by atoms with Gasteiger partial charge in [-0.25, -0.2) is 8.42 Å². The molecule has 1 saturated heterocycles. The van der Waals surface area contributed by atoms with E-state index in [1.165, 1.54) is 11.8 Å². The Morgan fingerprint density at radius 2 is 1.71 bits per heavy atom. The molecule has 0 aromatic heterocycles. The van der Waals surface area contributed by atoms with E-state index in [2.05, 4.69) is 11.3 Å². The van der Waals surface area contributed by atoms with E-state index >= 15 is 0 Å². The molecule has 0 spiro atoms. The third-order valence-electron chi connectivity index (χ3n) is 3.06. The molecule has 0 unspecified atom stereocenters. The van der Waals surface area contributed by atoms with Crippen LogP contribution in [0.4, 0.5) is 0 Å². The molecule has 1 aliphatic rings. The van der Waals surface area contributed by atoms with Crippen molar-refractivity contribution in [2.45, 2.75) is 24.3 Å². The number of hydrogen-bond acceptors (Lipinski definition) is 3. The maximum absolute atomic E-state index is 11.3. The van der Waals surface area contributed by atoms with E-state index < -0.39 is 9.84 Å². The zero-order chi connectivity index (χ0) is 12.3. The van der Waals surface area contributed by atoms with Crippen LogP contribution in [-0.4, -0.2) is 32.7 Å². The van der Waals surface area contributed by atoms with Gasteiger partial charge in [0.05, 0.1) is 4.90 Å². The Morgan fingerprint density at radius 3 is 2.24 bits per heavy atom. The highest BCUT2D eigenvalue weighted by atomic mass is 32.2.